The van der Waals surface area contributed by atoms with Gasteiger partial charge >= 0.3 is 11.9 Å². The van der Waals surface area contributed by atoms with Gasteiger partial charge in [0.25, 0.3) is 0 Å². The highest BCUT2D eigenvalue weighted by Crippen LogP contribution is 2.42. The van der Waals surface area contributed by atoms with Crippen molar-refractivity contribution in [1.82, 2.24) is 30.4 Å². The molecule has 15 heteroatoms. The molecule has 226 valence electrons. The summed E-state index contributed by atoms with van der Waals surface area (Å²) in [5.41, 5.74) is 0.983. The number of carboxylic acid groups (broad SMARTS) is 2. The summed E-state index contributed by atoms with van der Waals surface area (Å²) in [6, 6.07) is 3.53. The normalized spacial score (nSPS) is 14.9. The standard InChI is InChI=1S/C20H18F3N7O.C8H10O4/c1-12(18-16(22)5-24-8-27-18)20(31,7-30-11-26-10-29-30)15-3-2-13(21)4-14(15)19-17(23)6-25-9-28-19;1-2-6(8(11)12)4-3-5-7(9)10/h2-6,8-9,11-12,29,31H,7,10H2,1H3;6H,2,4H2,1H3,(H,9,10)(H,11,12)/t12-,20+;/m0./s1. The van der Waals surface area contributed by atoms with Crippen molar-refractivity contribution in [3.63, 3.8) is 0 Å². The van der Waals surface area contributed by atoms with E-state index < -0.39 is 46.8 Å². The molecule has 0 spiro atoms. The quantitative estimate of drug-likeness (QED) is 0.266. The van der Waals surface area contributed by atoms with Gasteiger partial charge in [0.1, 0.15) is 42.8 Å². The number of aromatic nitrogens is 4. The van der Waals surface area contributed by atoms with Gasteiger partial charge in [-0.2, -0.15) is 0 Å². The Kier molecular flexibility index (Phi) is 11.2. The lowest BCUT2D eigenvalue weighted by atomic mass is 9.77. The number of aliphatic imine (C=N–C) groups is 1. The first kappa shape index (κ1) is 32.6. The number of hydrogen-bond donors (Lipinski definition) is 4. The van der Waals surface area contributed by atoms with E-state index in [1.54, 1.807) is 13.8 Å². The van der Waals surface area contributed by atoms with Crippen LogP contribution in [0.1, 0.15) is 43.9 Å². The minimum Gasteiger partial charge on any atom is -0.481 e. The van der Waals surface area contributed by atoms with E-state index in [0.717, 1.165) is 30.9 Å². The summed E-state index contributed by atoms with van der Waals surface area (Å²) in [6.45, 7) is 3.47. The van der Waals surface area contributed by atoms with Crippen LogP contribution in [-0.2, 0) is 15.2 Å². The van der Waals surface area contributed by atoms with E-state index in [1.807, 2.05) is 5.92 Å². The number of halogens is 3. The van der Waals surface area contributed by atoms with Gasteiger partial charge in [-0.05, 0) is 24.1 Å². The summed E-state index contributed by atoms with van der Waals surface area (Å²) in [6.07, 6.45) is 6.25. The van der Waals surface area contributed by atoms with Crippen LogP contribution in [0, 0.1) is 35.2 Å². The fraction of sp³-hybridized carbons (Fsp3) is 0.321. The molecule has 1 aromatic carbocycles. The van der Waals surface area contributed by atoms with Crippen LogP contribution >= 0.6 is 0 Å². The first-order chi connectivity index (χ1) is 20.5. The third kappa shape index (κ3) is 8.31. The van der Waals surface area contributed by atoms with Crippen LogP contribution in [0.3, 0.4) is 0 Å². The molecular weight excluding hydrogens is 571 g/mol. The number of nitrogens with zero attached hydrogens (tertiary/aromatic N) is 6. The Morgan fingerprint density at radius 2 is 1.81 bits per heavy atom. The SMILES string of the molecule is CCC(CC#CC(=O)O)C(=O)O.C[C@@H](c1ncncc1F)[C@](O)(CN1C=NCN1)c1ccc(F)cc1-c1ncncc1F. The van der Waals surface area contributed by atoms with Crippen molar-refractivity contribution in [3.8, 4) is 23.1 Å². The second kappa shape index (κ2) is 14.8. The summed E-state index contributed by atoms with van der Waals surface area (Å²) in [5.74, 6) is -1.67. The first-order valence-electron chi connectivity index (χ1n) is 12.9. The van der Waals surface area contributed by atoms with E-state index in [9.17, 15) is 27.9 Å². The number of aliphatic hydroxyl groups is 1. The maximum Gasteiger partial charge on any atom is 0.381 e. The zero-order chi connectivity index (χ0) is 31.6. The van der Waals surface area contributed by atoms with Crippen LogP contribution in [0.25, 0.3) is 11.3 Å². The minimum atomic E-state index is -1.86. The van der Waals surface area contributed by atoms with Gasteiger partial charge in [-0.3, -0.25) is 14.8 Å². The van der Waals surface area contributed by atoms with Crippen molar-refractivity contribution in [2.75, 3.05) is 13.2 Å². The summed E-state index contributed by atoms with van der Waals surface area (Å²) < 4.78 is 43.2. The Labute approximate surface area is 244 Å². The molecule has 1 unspecified atom stereocenters. The lowest BCUT2D eigenvalue weighted by Gasteiger charge is -2.38. The summed E-state index contributed by atoms with van der Waals surface area (Å²) in [7, 11) is 0. The lowest BCUT2D eigenvalue weighted by molar-refractivity contribution is -0.141. The molecule has 0 amide bonds. The number of benzene rings is 1. The van der Waals surface area contributed by atoms with Crippen LogP contribution in [0.4, 0.5) is 13.2 Å². The zero-order valence-electron chi connectivity index (χ0n) is 23.1. The molecule has 0 radical (unpaired) electrons. The number of aliphatic carboxylic acids is 2. The first-order valence-corrected chi connectivity index (χ1v) is 12.9. The van der Waals surface area contributed by atoms with Gasteiger partial charge in [-0.15, -0.1) is 0 Å². The van der Waals surface area contributed by atoms with E-state index >= 15 is 0 Å². The Morgan fingerprint density at radius 1 is 1.12 bits per heavy atom. The molecule has 0 saturated heterocycles. The predicted molar refractivity (Wildman–Crippen MR) is 146 cm³/mol. The smallest absolute Gasteiger partial charge is 0.381 e. The van der Waals surface area contributed by atoms with Gasteiger partial charge in [-0.1, -0.05) is 25.8 Å². The van der Waals surface area contributed by atoms with E-state index in [1.165, 1.54) is 23.7 Å². The molecule has 4 N–H and O–H groups in total. The Bertz CT molecular complexity index is 1550. The number of carboxylic acids is 2. The molecule has 43 heavy (non-hydrogen) atoms. The summed E-state index contributed by atoms with van der Waals surface area (Å²) >= 11 is 0. The van der Waals surface area contributed by atoms with Crippen molar-refractivity contribution >= 4 is 18.3 Å². The topological polar surface area (TPSA) is 174 Å². The largest absolute Gasteiger partial charge is 0.481 e. The van der Waals surface area contributed by atoms with Crippen molar-refractivity contribution in [2.45, 2.75) is 38.2 Å². The Hall–Kier alpha value is -4.94. The van der Waals surface area contributed by atoms with E-state index in [2.05, 4.69) is 36.3 Å². The van der Waals surface area contributed by atoms with Crippen LogP contribution in [0.15, 0.2) is 48.2 Å². The Balaban J connectivity index is 0.000000359. The zero-order valence-corrected chi connectivity index (χ0v) is 23.1. The number of β-amino-alcohol motifs (C(OH)–C–C–N with tert-alkyl or cyclic N) is 1. The molecule has 3 heterocycles. The summed E-state index contributed by atoms with van der Waals surface area (Å²) in [5, 5.41) is 30.1. The number of carbonyl (C=O) groups is 2. The van der Waals surface area contributed by atoms with Gasteiger partial charge in [0.05, 0.1) is 30.6 Å². The van der Waals surface area contributed by atoms with Crippen LogP contribution in [0.2, 0.25) is 0 Å². The highest BCUT2D eigenvalue weighted by molar-refractivity contribution is 5.86. The maximum atomic E-state index is 14.5. The van der Waals surface area contributed by atoms with Crippen LogP contribution in [0.5, 0.6) is 0 Å². The second-order valence-electron chi connectivity index (χ2n) is 9.31. The van der Waals surface area contributed by atoms with E-state index in [-0.39, 0.29) is 35.5 Å². The number of hydrogen-bond acceptors (Lipinski definition) is 10. The number of nitrogens with one attached hydrogen (secondary N) is 1. The van der Waals surface area contributed by atoms with Gasteiger partial charge in [0.15, 0.2) is 11.6 Å². The molecule has 0 fully saturated rings. The van der Waals surface area contributed by atoms with Crippen LogP contribution in [-0.4, -0.2) is 71.8 Å². The third-order valence-corrected chi connectivity index (χ3v) is 6.58. The summed E-state index contributed by atoms with van der Waals surface area (Å²) in [4.78, 5) is 39.5. The highest BCUT2D eigenvalue weighted by Gasteiger charge is 2.43. The van der Waals surface area contributed by atoms with Gasteiger partial charge < -0.3 is 15.3 Å². The highest BCUT2D eigenvalue weighted by atomic mass is 19.1. The fourth-order valence-corrected chi connectivity index (χ4v) is 4.25. The van der Waals surface area contributed by atoms with Crippen LogP contribution < -0.4 is 5.43 Å². The molecule has 12 nitrogen and oxygen atoms in total. The molecule has 3 atom stereocenters. The van der Waals surface area contributed by atoms with Crippen molar-refractivity contribution in [2.24, 2.45) is 10.9 Å². The van der Waals surface area contributed by atoms with Crippen molar-refractivity contribution < 1.29 is 38.1 Å². The maximum absolute atomic E-state index is 14.5. The average Bonchev–Trinajstić information content (AvgIpc) is 3.48. The van der Waals surface area contributed by atoms with Crippen molar-refractivity contribution in [3.05, 3.63) is 72.0 Å². The molecule has 0 bridgehead atoms. The number of rotatable bonds is 9. The molecule has 0 saturated carbocycles. The van der Waals surface area contributed by atoms with Gasteiger partial charge in [0, 0.05) is 23.8 Å². The molecule has 1 aliphatic rings. The Morgan fingerprint density at radius 3 is 2.40 bits per heavy atom. The molecule has 1 aliphatic heterocycles. The lowest BCUT2D eigenvalue weighted by Crippen LogP contribution is -2.47. The van der Waals surface area contributed by atoms with Gasteiger partial charge in [-0.25, -0.2) is 43.3 Å². The molecule has 0 aliphatic carbocycles. The minimum absolute atomic E-state index is 0.0138. The monoisotopic (exact) mass is 599 g/mol. The molecular formula is C28H28F3N7O5. The molecule has 3 aromatic rings. The molecule has 2 aromatic heterocycles. The van der Waals surface area contributed by atoms with E-state index in [0.29, 0.717) is 13.1 Å². The fourth-order valence-electron chi connectivity index (χ4n) is 4.25. The molecule has 4 rings (SSSR count). The third-order valence-electron chi connectivity index (χ3n) is 6.58. The number of hydrazine groups is 1. The average molecular weight is 600 g/mol. The van der Waals surface area contributed by atoms with Crippen molar-refractivity contribution in [1.29, 1.82) is 0 Å². The van der Waals surface area contributed by atoms with E-state index in [4.69, 9.17) is 10.2 Å². The van der Waals surface area contributed by atoms with Gasteiger partial charge in [0.2, 0.25) is 0 Å². The predicted octanol–water partition coefficient (Wildman–Crippen LogP) is 2.72. The second-order valence-corrected chi connectivity index (χ2v) is 9.31.